The van der Waals surface area contributed by atoms with E-state index in [0.717, 1.165) is 17.8 Å². The van der Waals surface area contributed by atoms with Gasteiger partial charge in [0, 0.05) is 17.8 Å². The Labute approximate surface area is 73.8 Å². The molecule has 1 rings (SSSR count). The smallest absolute Gasteiger partial charge is 0.0432 e. The molecule has 0 fully saturated rings. The van der Waals surface area contributed by atoms with E-state index >= 15 is 0 Å². The lowest BCUT2D eigenvalue weighted by atomic mass is 10.1. The van der Waals surface area contributed by atoms with E-state index in [4.69, 9.17) is 5.73 Å². The summed E-state index contributed by atoms with van der Waals surface area (Å²) in [4.78, 5) is 4.48. The van der Waals surface area contributed by atoms with Crippen molar-refractivity contribution in [2.45, 2.75) is 26.2 Å². The van der Waals surface area contributed by atoms with Crippen LogP contribution >= 0.6 is 0 Å². The van der Waals surface area contributed by atoms with Gasteiger partial charge in [-0.05, 0) is 24.6 Å². The first-order valence-electron chi connectivity index (χ1n) is 4.40. The number of hydrogen-bond acceptors (Lipinski definition) is 2. The lowest BCUT2D eigenvalue weighted by Crippen LogP contribution is -2.05. The maximum Gasteiger partial charge on any atom is 0.0432 e. The Hall–Kier alpha value is -0.890. The highest BCUT2D eigenvalue weighted by Gasteiger charge is 2.00. The number of aromatic nitrogens is 1. The molecule has 0 aliphatic carbocycles. The Morgan fingerprint density at radius 1 is 1.42 bits per heavy atom. The molecule has 0 spiro atoms. The van der Waals surface area contributed by atoms with Crippen LogP contribution in [-0.2, 0) is 6.42 Å². The largest absolute Gasteiger partial charge is 0.330 e. The summed E-state index contributed by atoms with van der Waals surface area (Å²) in [6.45, 7) is 4.97. The van der Waals surface area contributed by atoms with Gasteiger partial charge < -0.3 is 5.73 Å². The van der Waals surface area contributed by atoms with Gasteiger partial charge in [0.15, 0.2) is 0 Å². The average molecular weight is 164 g/mol. The maximum absolute atomic E-state index is 5.45. The van der Waals surface area contributed by atoms with Gasteiger partial charge in [0.1, 0.15) is 0 Å². The van der Waals surface area contributed by atoms with Crippen LogP contribution in [0.4, 0.5) is 0 Å². The first kappa shape index (κ1) is 9.20. The van der Waals surface area contributed by atoms with Crippen molar-refractivity contribution in [3.05, 3.63) is 29.6 Å². The molecule has 0 amide bonds. The van der Waals surface area contributed by atoms with Gasteiger partial charge >= 0.3 is 0 Å². The van der Waals surface area contributed by atoms with E-state index in [0.29, 0.717) is 12.5 Å². The van der Waals surface area contributed by atoms with E-state index in [1.807, 2.05) is 12.1 Å². The van der Waals surface area contributed by atoms with E-state index in [1.54, 1.807) is 0 Å². The zero-order valence-corrected chi connectivity index (χ0v) is 7.75. The summed E-state index contributed by atoms with van der Waals surface area (Å²) in [5, 5.41) is 0. The molecule has 0 saturated heterocycles. The van der Waals surface area contributed by atoms with Crippen LogP contribution in [0.3, 0.4) is 0 Å². The molecule has 1 heterocycles. The first-order valence-corrected chi connectivity index (χ1v) is 4.40. The molecular weight excluding hydrogens is 148 g/mol. The van der Waals surface area contributed by atoms with Crippen molar-refractivity contribution < 1.29 is 0 Å². The summed E-state index contributed by atoms with van der Waals surface area (Å²) in [7, 11) is 0. The molecule has 0 radical (unpaired) electrons. The normalized spacial score (nSPS) is 10.7. The fraction of sp³-hybridized carbons (Fsp3) is 0.500. The van der Waals surface area contributed by atoms with Gasteiger partial charge in [0.2, 0.25) is 0 Å². The van der Waals surface area contributed by atoms with Crippen LogP contribution in [0, 0.1) is 0 Å². The van der Waals surface area contributed by atoms with Crippen LogP contribution in [-0.4, -0.2) is 11.5 Å². The number of pyridine rings is 1. The van der Waals surface area contributed by atoms with Gasteiger partial charge in [0.05, 0.1) is 0 Å². The van der Waals surface area contributed by atoms with Crippen molar-refractivity contribution >= 4 is 0 Å². The summed E-state index contributed by atoms with van der Waals surface area (Å²) in [6.07, 6.45) is 0.876. The summed E-state index contributed by atoms with van der Waals surface area (Å²) < 4.78 is 0. The molecule has 66 valence electrons. The molecular formula is C10H16N2. The van der Waals surface area contributed by atoms with Gasteiger partial charge in [-0.3, -0.25) is 4.98 Å². The molecule has 0 aliphatic heterocycles. The first-order chi connectivity index (χ1) is 5.74. The molecule has 0 atom stereocenters. The molecule has 0 aromatic carbocycles. The van der Waals surface area contributed by atoms with Gasteiger partial charge in [-0.1, -0.05) is 19.9 Å². The van der Waals surface area contributed by atoms with Crippen LogP contribution in [0.15, 0.2) is 18.2 Å². The van der Waals surface area contributed by atoms with E-state index in [1.165, 1.54) is 0 Å². The van der Waals surface area contributed by atoms with Crippen LogP contribution in [0.5, 0.6) is 0 Å². The molecule has 0 aliphatic rings. The minimum absolute atomic E-state index is 0.503. The predicted molar refractivity (Wildman–Crippen MR) is 51.1 cm³/mol. The summed E-state index contributed by atoms with van der Waals surface area (Å²) >= 11 is 0. The zero-order valence-electron chi connectivity index (χ0n) is 7.75. The minimum atomic E-state index is 0.503. The molecule has 2 N–H and O–H groups in total. The average Bonchev–Trinajstić information content (AvgIpc) is 2.05. The Morgan fingerprint density at radius 2 is 2.17 bits per heavy atom. The molecule has 0 saturated carbocycles. The quantitative estimate of drug-likeness (QED) is 0.738. The van der Waals surface area contributed by atoms with Gasteiger partial charge in [0.25, 0.3) is 0 Å². The van der Waals surface area contributed by atoms with Crippen molar-refractivity contribution in [2.75, 3.05) is 6.54 Å². The van der Waals surface area contributed by atoms with Crippen molar-refractivity contribution in [1.82, 2.24) is 4.98 Å². The molecule has 12 heavy (non-hydrogen) atoms. The Balaban J connectivity index is 2.81. The van der Waals surface area contributed by atoms with Gasteiger partial charge in [-0.2, -0.15) is 0 Å². The highest BCUT2D eigenvalue weighted by molar-refractivity contribution is 5.13. The summed E-state index contributed by atoms with van der Waals surface area (Å²) in [6, 6.07) is 6.14. The SMILES string of the molecule is CC(C)c1cccc(CCN)n1. The third-order valence-corrected chi connectivity index (χ3v) is 1.82. The maximum atomic E-state index is 5.45. The zero-order chi connectivity index (χ0) is 8.97. The number of nitrogens with two attached hydrogens (primary N) is 1. The Bertz CT molecular complexity index is 243. The summed E-state index contributed by atoms with van der Waals surface area (Å²) in [5.74, 6) is 0.503. The second-order valence-electron chi connectivity index (χ2n) is 3.25. The standard InChI is InChI=1S/C10H16N2/c1-8(2)10-5-3-4-9(12-10)6-7-11/h3-5,8H,6-7,11H2,1-2H3. The van der Waals surface area contributed by atoms with Crippen LogP contribution in [0.25, 0.3) is 0 Å². The monoisotopic (exact) mass is 164 g/mol. The topological polar surface area (TPSA) is 38.9 Å². The Morgan fingerprint density at radius 3 is 2.75 bits per heavy atom. The highest BCUT2D eigenvalue weighted by atomic mass is 14.7. The number of hydrogen-bond donors (Lipinski definition) is 1. The molecule has 2 nitrogen and oxygen atoms in total. The number of rotatable bonds is 3. The lowest BCUT2D eigenvalue weighted by molar-refractivity contribution is 0.798. The van der Waals surface area contributed by atoms with E-state index in [-0.39, 0.29) is 0 Å². The molecule has 1 aromatic rings. The second kappa shape index (κ2) is 4.21. The molecule has 0 unspecified atom stereocenters. The fourth-order valence-corrected chi connectivity index (χ4v) is 1.11. The van der Waals surface area contributed by atoms with Gasteiger partial charge in [-0.15, -0.1) is 0 Å². The highest BCUT2D eigenvalue weighted by Crippen LogP contribution is 2.11. The fourth-order valence-electron chi connectivity index (χ4n) is 1.11. The van der Waals surface area contributed by atoms with E-state index in [9.17, 15) is 0 Å². The minimum Gasteiger partial charge on any atom is -0.330 e. The summed E-state index contributed by atoms with van der Waals surface area (Å²) in [5.41, 5.74) is 7.70. The molecule has 1 aromatic heterocycles. The van der Waals surface area contributed by atoms with E-state index in [2.05, 4.69) is 24.9 Å². The Kier molecular flexibility index (Phi) is 3.23. The van der Waals surface area contributed by atoms with Crippen molar-refractivity contribution in [2.24, 2.45) is 5.73 Å². The third kappa shape index (κ3) is 2.31. The molecule has 2 heteroatoms. The lowest BCUT2D eigenvalue weighted by Gasteiger charge is -2.05. The van der Waals surface area contributed by atoms with Gasteiger partial charge in [-0.25, -0.2) is 0 Å². The number of nitrogens with zero attached hydrogens (tertiary/aromatic N) is 1. The van der Waals surface area contributed by atoms with Crippen LogP contribution in [0.2, 0.25) is 0 Å². The second-order valence-corrected chi connectivity index (χ2v) is 3.25. The molecule has 0 bridgehead atoms. The van der Waals surface area contributed by atoms with Crippen molar-refractivity contribution in [1.29, 1.82) is 0 Å². The van der Waals surface area contributed by atoms with Crippen LogP contribution < -0.4 is 5.73 Å². The van der Waals surface area contributed by atoms with E-state index < -0.39 is 0 Å². The predicted octanol–water partition coefficient (Wildman–Crippen LogP) is 1.71. The van der Waals surface area contributed by atoms with Crippen LogP contribution in [0.1, 0.15) is 31.2 Å². The van der Waals surface area contributed by atoms with Crippen molar-refractivity contribution in [3.63, 3.8) is 0 Å². The van der Waals surface area contributed by atoms with Crippen molar-refractivity contribution in [3.8, 4) is 0 Å². The third-order valence-electron chi connectivity index (χ3n) is 1.82.